The number of hydrogen-bond donors (Lipinski definition) is 3. The zero-order chi connectivity index (χ0) is 21.1. The summed E-state index contributed by atoms with van der Waals surface area (Å²) in [5.74, 6) is -1.11. The van der Waals surface area contributed by atoms with Crippen LogP contribution in [0.5, 0.6) is 0 Å². The first-order valence-corrected chi connectivity index (χ1v) is 11.2. The highest BCUT2D eigenvalue weighted by Crippen LogP contribution is 2.68. The number of hydrogen-bond acceptors (Lipinski definition) is 4. The molecule has 6 nitrogen and oxygen atoms in total. The molecule has 4 aliphatic carbocycles. The summed E-state index contributed by atoms with van der Waals surface area (Å²) in [5, 5.41) is 29.2. The largest absolute Gasteiger partial charge is 0.481 e. The summed E-state index contributed by atoms with van der Waals surface area (Å²) in [6.45, 7) is 4.50. The van der Waals surface area contributed by atoms with Crippen molar-refractivity contribution < 1.29 is 29.7 Å². The smallest absolute Gasteiger partial charge is 0.332 e. The minimum Gasteiger partial charge on any atom is -0.481 e. The molecular formula is C23H34O6. The molecule has 3 N–H and O–H groups in total. The van der Waals surface area contributed by atoms with Gasteiger partial charge in [-0.15, -0.1) is 0 Å². The molecular weight excluding hydrogens is 372 g/mol. The lowest BCUT2D eigenvalue weighted by Crippen LogP contribution is -2.58. The first-order valence-electron chi connectivity index (χ1n) is 11.2. The van der Waals surface area contributed by atoms with Crippen LogP contribution in [-0.2, 0) is 14.4 Å². The SMILES string of the molecule is C[C@]12CC[C@H]3[C@@H](C(C(=O)O)CC4CC(=O)CC[C@@]43C)[C@@H]1CC[C@H]2CC(O)C(=O)O. The van der Waals surface area contributed by atoms with Crippen molar-refractivity contribution in [2.75, 3.05) is 0 Å². The molecule has 0 aromatic heterocycles. The highest BCUT2D eigenvalue weighted by atomic mass is 16.4. The van der Waals surface area contributed by atoms with Crippen LogP contribution in [0, 0.1) is 46.3 Å². The lowest BCUT2D eigenvalue weighted by molar-refractivity contribution is -0.173. The fourth-order valence-electron chi connectivity index (χ4n) is 8.18. The molecule has 0 saturated heterocycles. The molecule has 0 aromatic rings. The van der Waals surface area contributed by atoms with E-state index in [1.165, 1.54) is 0 Å². The first kappa shape index (κ1) is 20.8. The van der Waals surface area contributed by atoms with Crippen LogP contribution >= 0.6 is 0 Å². The summed E-state index contributed by atoms with van der Waals surface area (Å²) in [6, 6.07) is 0. The second kappa shape index (κ2) is 7.07. The number of aliphatic carboxylic acids is 2. The Balaban J connectivity index is 1.65. The fraction of sp³-hybridized carbons (Fsp3) is 0.870. The third-order valence-corrected chi connectivity index (χ3v) is 9.84. The lowest BCUT2D eigenvalue weighted by atomic mass is 9.42. The maximum absolute atomic E-state index is 12.3. The van der Waals surface area contributed by atoms with E-state index in [1.54, 1.807) is 0 Å². The van der Waals surface area contributed by atoms with Gasteiger partial charge < -0.3 is 15.3 Å². The van der Waals surface area contributed by atoms with E-state index < -0.39 is 24.0 Å². The van der Waals surface area contributed by atoms with Crippen LogP contribution in [0.15, 0.2) is 0 Å². The van der Waals surface area contributed by atoms with E-state index in [0.717, 1.165) is 32.1 Å². The molecule has 4 aliphatic rings. The topological polar surface area (TPSA) is 112 Å². The van der Waals surface area contributed by atoms with E-state index in [4.69, 9.17) is 5.11 Å². The normalized spacial score (nSPS) is 47.6. The number of aliphatic hydroxyl groups is 1. The molecule has 0 aliphatic heterocycles. The van der Waals surface area contributed by atoms with E-state index in [-0.39, 0.29) is 46.7 Å². The average molecular weight is 407 g/mol. The predicted octanol–water partition coefficient (Wildman–Crippen LogP) is 3.36. The Morgan fingerprint density at radius 1 is 1.07 bits per heavy atom. The van der Waals surface area contributed by atoms with Crippen LogP contribution in [-0.4, -0.2) is 39.1 Å². The Morgan fingerprint density at radius 3 is 2.41 bits per heavy atom. The summed E-state index contributed by atoms with van der Waals surface area (Å²) in [4.78, 5) is 35.6. The molecule has 162 valence electrons. The van der Waals surface area contributed by atoms with Crippen molar-refractivity contribution in [2.24, 2.45) is 46.3 Å². The van der Waals surface area contributed by atoms with Crippen LogP contribution in [0.3, 0.4) is 0 Å². The van der Waals surface area contributed by atoms with Crippen molar-refractivity contribution in [2.45, 2.75) is 77.7 Å². The predicted molar refractivity (Wildman–Crippen MR) is 105 cm³/mol. The van der Waals surface area contributed by atoms with Gasteiger partial charge in [0.25, 0.3) is 0 Å². The molecule has 0 heterocycles. The highest BCUT2D eigenvalue weighted by Gasteiger charge is 2.63. The number of carbonyl (C=O) groups is 3. The second-order valence-electron chi connectivity index (χ2n) is 10.8. The van der Waals surface area contributed by atoms with Gasteiger partial charge in [-0.25, -0.2) is 4.79 Å². The van der Waals surface area contributed by atoms with Crippen molar-refractivity contribution >= 4 is 17.7 Å². The Labute approximate surface area is 172 Å². The van der Waals surface area contributed by atoms with Crippen LogP contribution in [0.4, 0.5) is 0 Å². The van der Waals surface area contributed by atoms with Crippen LogP contribution < -0.4 is 0 Å². The highest BCUT2D eigenvalue weighted by molar-refractivity contribution is 5.80. The number of carboxylic acid groups (broad SMARTS) is 2. The average Bonchev–Trinajstić information content (AvgIpc) is 2.98. The molecule has 0 amide bonds. The number of carboxylic acids is 2. The van der Waals surface area contributed by atoms with Gasteiger partial charge in [-0.05, 0) is 85.4 Å². The van der Waals surface area contributed by atoms with Crippen LogP contribution in [0.2, 0.25) is 0 Å². The van der Waals surface area contributed by atoms with Gasteiger partial charge >= 0.3 is 11.9 Å². The van der Waals surface area contributed by atoms with E-state index >= 15 is 0 Å². The van der Waals surface area contributed by atoms with Crippen molar-refractivity contribution in [1.82, 2.24) is 0 Å². The summed E-state index contributed by atoms with van der Waals surface area (Å²) in [6.07, 6.45) is 5.19. The van der Waals surface area contributed by atoms with Gasteiger partial charge in [-0.1, -0.05) is 13.8 Å². The number of ketones is 1. The van der Waals surface area contributed by atoms with Gasteiger partial charge in [0, 0.05) is 12.8 Å². The number of fused-ring (bicyclic) bond motifs is 5. The standard InChI is InChI=1S/C23H34O6/c1-22-8-6-17-19(16(22)4-3-12(22)11-18(25)21(28)29)15(20(26)27)10-13-9-14(24)5-7-23(13,17)2/h12-13,15-19,25H,3-11H2,1-2H3,(H,26,27)(H,28,29)/t12-,13?,15?,16-,17-,18?,19-,22+,23-/m0/s1. The zero-order valence-corrected chi connectivity index (χ0v) is 17.5. The van der Waals surface area contributed by atoms with Crippen molar-refractivity contribution in [3.63, 3.8) is 0 Å². The maximum atomic E-state index is 12.3. The van der Waals surface area contributed by atoms with Gasteiger partial charge in [0.15, 0.2) is 6.10 Å². The Kier molecular flexibility index (Phi) is 5.08. The molecule has 0 radical (unpaired) electrons. The van der Waals surface area contributed by atoms with Gasteiger partial charge in [0.2, 0.25) is 0 Å². The van der Waals surface area contributed by atoms with Gasteiger partial charge in [-0.2, -0.15) is 0 Å². The van der Waals surface area contributed by atoms with E-state index in [1.807, 2.05) is 0 Å². The van der Waals surface area contributed by atoms with E-state index in [2.05, 4.69) is 13.8 Å². The maximum Gasteiger partial charge on any atom is 0.332 e. The van der Waals surface area contributed by atoms with E-state index in [0.29, 0.717) is 25.2 Å². The minimum atomic E-state index is -1.35. The molecule has 0 spiro atoms. The van der Waals surface area contributed by atoms with Crippen LogP contribution in [0.25, 0.3) is 0 Å². The van der Waals surface area contributed by atoms with Gasteiger partial charge in [0.1, 0.15) is 5.78 Å². The fourth-order valence-corrected chi connectivity index (χ4v) is 8.18. The van der Waals surface area contributed by atoms with Crippen molar-refractivity contribution in [3.05, 3.63) is 0 Å². The molecule has 4 saturated carbocycles. The number of aliphatic hydroxyl groups excluding tert-OH is 1. The second-order valence-corrected chi connectivity index (χ2v) is 10.8. The summed E-state index contributed by atoms with van der Waals surface area (Å²) >= 11 is 0. The molecule has 4 fully saturated rings. The van der Waals surface area contributed by atoms with Gasteiger partial charge in [0.05, 0.1) is 5.92 Å². The third kappa shape index (κ3) is 3.13. The molecule has 0 bridgehead atoms. The molecule has 6 heteroatoms. The Bertz CT molecular complexity index is 718. The monoisotopic (exact) mass is 406 g/mol. The summed E-state index contributed by atoms with van der Waals surface area (Å²) in [7, 11) is 0. The number of rotatable bonds is 4. The molecule has 9 atom stereocenters. The van der Waals surface area contributed by atoms with Crippen molar-refractivity contribution in [3.8, 4) is 0 Å². The van der Waals surface area contributed by atoms with E-state index in [9.17, 15) is 24.6 Å². The minimum absolute atomic E-state index is 0.0323. The number of Topliss-reactive ketones (excluding diaryl/α,β-unsaturated/α-hetero) is 1. The number of carbonyl (C=O) groups excluding carboxylic acids is 1. The lowest BCUT2D eigenvalue weighted by Gasteiger charge is -2.61. The zero-order valence-electron chi connectivity index (χ0n) is 17.5. The molecule has 29 heavy (non-hydrogen) atoms. The quantitative estimate of drug-likeness (QED) is 0.660. The first-order chi connectivity index (χ1) is 13.6. The van der Waals surface area contributed by atoms with Crippen LogP contribution in [0.1, 0.15) is 71.6 Å². The summed E-state index contributed by atoms with van der Waals surface area (Å²) in [5.41, 5.74) is -0.0799. The Morgan fingerprint density at radius 2 is 1.76 bits per heavy atom. The third-order valence-electron chi connectivity index (χ3n) is 9.84. The molecule has 0 aromatic carbocycles. The molecule has 4 rings (SSSR count). The Hall–Kier alpha value is -1.43. The van der Waals surface area contributed by atoms with Gasteiger partial charge in [-0.3, -0.25) is 9.59 Å². The van der Waals surface area contributed by atoms with Crippen molar-refractivity contribution in [1.29, 1.82) is 0 Å². The summed E-state index contributed by atoms with van der Waals surface area (Å²) < 4.78 is 0. The molecule has 3 unspecified atom stereocenters.